The molecule has 0 atom stereocenters. The van der Waals surface area contributed by atoms with Gasteiger partial charge in [0.2, 0.25) is 0 Å². The van der Waals surface area contributed by atoms with Crippen LogP contribution in [0.25, 0.3) is 5.57 Å². The third-order valence-corrected chi connectivity index (χ3v) is 3.09. The highest BCUT2D eigenvalue weighted by Crippen LogP contribution is 2.29. The van der Waals surface area contributed by atoms with Crippen LogP contribution in [0.4, 0.5) is 0 Å². The van der Waals surface area contributed by atoms with E-state index < -0.39 is 0 Å². The maximum Gasteiger partial charge on any atom is 0.334 e. The fourth-order valence-electron chi connectivity index (χ4n) is 2.14. The van der Waals surface area contributed by atoms with E-state index in [4.69, 9.17) is 9.47 Å². The standard InChI is InChI=1S/C16H18O3/c1-3-19-16(17)15-7-5-4-6-14(15)12-8-10-13(18-2)11-9-12/h4,6,8-11H,3,5,7H2,1-2H3. The van der Waals surface area contributed by atoms with E-state index in [0.717, 1.165) is 35.3 Å². The molecule has 1 aromatic rings. The quantitative estimate of drug-likeness (QED) is 0.777. The summed E-state index contributed by atoms with van der Waals surface area (Å²) in [6.45, 7) is 2.23. The molecular formula is C16H18O3. The van der Waals surface area contributed by atoms with Crippen molar-refractivity contribution in [3.63, 3.8) is 0 Å². The molecule has 3 heteroatoms. The number of carbonyl (C=O) groups is 1. The zero-order valence-electron chi connectivity index (χ0n) is 11.3. The van der Waals surface area contributed by atoms with Gasteiger partial charge in [0.15, 0.2) is 0 Å². The smallest absolute Gasteiger partial charge is 0.334 e. The van der Waals surface area contributed by atoms with Crippen molar-refractivity contribution in [1.82, 2.24) is 0 Å². The van der Waals surface area contributed by atoms with Crippen molar-refractivity contribution >= 4 is 11.5 Å². The average Bonchev–Trinajstić information content (AvgIpc) is 2.47. The van der Waals surface area contributed by atoms with Gasteiger partial charge in [-0.15, -0.1) is 0 Å². The van der Waals surface area contributed by atoms with E-state index >= 15 is 0 Å². The maximum atomic E-state index is 12.0. The van der Waals surface area contributed by atoms with E-state index in [1.807, 2.05) is 37.3 Å². The van der Waals surface area contributed by atoms with Gasteiger partial charge in [0.25, 0.3) is 0 Å². The lowest BCUT2D eigenvalue weighted by Crippen LogP contribution is -2.11. The molecule has 0 saturated carbocycles. The van der Waals surface area contributed by atoms with Crippen LogP contribution in [-0.2, 0) is 9.53 Å². The molecule has 0 amide bonds. The lowest BCUT2D eigenvalue weighted by Gasteiger charge is -2.15. The molecular weight excluding hydrogens is 240 g/mol. The third-order valence-electron chi connectivity index (χ3n) is 3.09. The van der Waals surface area contributed by atoms with Gasteiger partial charge in [0.05, 0.1) is 13.7 Å². The molecule has 3 nitrogen and oxygen atoms in total. The molecule has 0 N–H and O–H groups in total. The Morgan fingerprint density at radius 3 is 2.63 bits per heavy atom. The summed E-state index contributed by atoms with van der Waals surface area (Å²) in [5.41, 5.74) is 2.72. The van der Waals surface area contributed by atoms with Crippen LogP contribution in [0.15, 0.2) is 42.0 Å². The van der Waals surface area contributed by atoms with Gasteiger partial charge in [0, 0.05) is 5.57 Å². The predicted molar refractivity (Wildman–Crippen MR) is 74.9 cm³/mol. The molecule has 100 valence electrons. The average molecular weight is 258 g/mol. The Labute approximate surface area is 113 Å². The van der Waals surface area contributed by atoms with Crippen LogP contribution in [0.5, 0.6) is 5.75 Å². The molecule has 1 aliphatic carbocycles. The van der Waals surface area contributed by atoms with Crippen molar-refractivity contribution in [3.05, 3.63) is 47.6 Å². The number of rotatable bonds is 4. The number of benzene rings is 1. The van der Waals surface area contributed by atoms with E-state index in [1.165, 1.54) is 0 Å². The van der Waals surface area contributed by atoms with E-state index in [0.29, 0.717) is 6.61 Å². The molecule has 0 saturated heterocycles. The number of methoxy groups -OCH3 is 1. The minimum atomic E-state index is -0.210. The van der Waals surface area contributed by atoms with Crippen molar-refractivity contribution < 1.29 is 14.3 Å². The van der Waals surface area contributed by atoms with Gasteiger partial charge in [-0.3, -0.25) is 0 Å². The van der Waals surface area contributed by atoms with Crippen LogP contribution < -0.4 is 4.74 Å². The molecule has 0 spiro atoms. The van der Waals surface area contributed by atoms with Crippen molar-refractivity contribution in [2.45, 2.75) is 19.8 Å². The number of hydrogen-bond acceptors (Lipinski definition) is 3. The number of hydrogen-bond donors (Lipinski definition) is 0. The van der Waals surface area contributed by atoms with E-state index in [1.54, 1.807) is 7.11 Å². The molecule has 0 radical (unpaired) electrons. The molecule has 19 heavy (non-hydrogen) atoms. The molecule has 0 heterocycles. The lowest BCUT2D eigenvalue weighted by molar-refractivity contribution is -0.138. The fourth-order valence-corrected chi connectivity index (χ4v) is 2.14. The Balaban J connectivity index is 2.36. The number of allylic oxidation sites excluding steroid dienone is 3. The Morgan fingerprint density at radius 2 is 2.00 bits per heavy atom. The molecule has 0 unspecified atom stereocenters. The first-order chi connectivity index (χ1) is 9.26. The number of carbonyl (C=O) groups excluding carboxylic acids is 1. The first kappa shape index (κ1) is 13.4. The molecule has 2 rings (SSSR count). The predicted octanol–water partition coefficient (Wildman–Crippen LogP) is 3.36. The van der Waals surface area contributed by atoms with Gasteiger partial charge in [-0.25, -0.2) is 4.79 Å². The second-order valence-corrected chi connectivity index (χ2v) is 4.28. The highest BCUT2D eigenvalue weighted by atomic mass is 16.5. The van der Waals surface area contributed by atoms with E-state index in [2.05, 4.69) is 6.08 Å². The maximum absolute atomic E-state index is 12.0. The van der Waals surface area contributed by atoms with Crippen molar-refractivity contribution in [3.8, 4) is 5.75 Å². The largest absolute Gasteiger partial charge is 0.497 e. The molecule has 0 aromatic heterocycles. The van der Waals surface area contributed by atoms with Crippen LogP contribution in [0, 0.1) is 0 Å². The highest BCUT2D eigenvalue weighted by molar-refractivity contribution is 6.00. The third kappa shape index (κ3) is 3.05. The first-order valence-electron chi connectivity index (χ1n) is 6.47. The van der Waals surface area contributed by atoms with Crippen molar-refractivity contribution in [2.24, 2.45) is 0 Å². The van der Waals surface area contributed by atoms with E-state index in [9.17, 15) is 4.79 Å². The van der Waals surface area contributed by atoms with Gasteiger partial charge >= 0.3 is 5.97 Å². The topological polar surface area (TPSA) is 35.5 Å². The minimum Gasteiger partial charge on any atom is -0.497 e. The van der Waals surface area contributed by atoms with Crippen LogP contribution in [0.1, 0.15) is 25.3 Å². The second-order valence-electron chi connectivity index (χ2n) is 4.28. The SMILES string of the molecule is CCOC(=O)C1=C(c2ccc(OC)cc2)C=CCC1. The summed E-state index contributed by atoms with van der Waals surface area (Å²) in [4.78, 5) is 12.0. The molecule has 0 aliphatic heterocycles. The second kappa shape index (κ2) is 6.23. The number of esters is 1. The van der Waals surface area contributed by atoms with Crippen LogP contribution in [0.2, 0.25) is 0 Å². The van der Waals surface area contributed by atoms with Gasteiger partial charge in [0.1, 0.15) is 5.75 Å². The lowest BCUT2D eigenvalue weighted by atomic mass is 9.92. The zero-order valence-corrected chi connectivity index (χ0v) is 11.3. The summed E-state index contributed by atoms with van der Waals surface area (Å²) < 4.78 is 10.3. The summed E-state index contributed by atoms with van der Waals surface area (Å²) in [6.07, 6.45) is 5.70. The molecule has 1 aliphatic rings. The van der Waals surface area contributed by atoms with Crippen molar-refractivity contribution in [2.75, 3.05) is 13.7 Å². The Kier molecular flexibility index (Phi) is 4.39. The summed E-state index contributed by atoms with van der Waals surface area (Å²) in [6, 6.07) is 7.72. The van der Waals surface area contributed by atoms with Gasteiger partial charge in [-0.05, 0) is 43.0 Å². The van der Waals surface area contributed by atoms with Crippen LogP contribution in [-0.4, -0.2) is 19.7 Å². The van der Waals surface area contributed by atoms with Crippen molar-refractivity contribution in [1.29, 1.82) is 0 Å². The molecule has 0 fully saturated rings. The minimum absolute atomic E-state index is 0.210. The van der Waals surface area contributed by atoms with Gasteiger partial charge < -0.3 is 9.47 Å². The first-order valence-corrected chi connectivity index (χ1v) is 6.47. The van der Waals surface area contributed by atoms with Gasteiger partial charge in [-0.2, -0.15) is 0 Å². The summed E-state index contributed by atoms with van der Waals surface area (Å²) in [5.74, 6) is 0.597. The Bertz CT molecular complexity index is 509. The van der Waals surface area contributed by atoms with Crippen LogP contribution >= 0.6 is 0 Å². The summed E-state index contributed by atoms with van der Waals surface area (Å²) in [5, 5.41) is 0. The van der Waals surface area contributed by atoms with Crippen LogP contribution in [0.3, 0.4) is 0 Å². The Morgan fingerprint density at radius 1 is 1.26 bits per heavy atom. The fraction of sp³-hybridized carbons (Fsp3) is 0.312. The van der Waals surface area contributed by atoms with Gasteiger partial charge in [-0.1, -0.05) is 24.3 Å². The summed E-state index contributed by atoms with van der Waals surface area (Å²) in [7, 11) is 1.64. The monoisotopic (exact) mass is 258 g/mol. The highest BCUT2D eigenvalue weighted by Gasteiger charge is 2.18. The Hall–Kier alpha value is -2.03. The number of ether oxygens (including phenoxy) is 2. The normalized spacial score (nSPS) is 14.4. The molecule has 0 bridgehead atoms. The molecule has 1 aromatic carbocycles. The zero-order chi connectivity index (χ0) is 13.7. The summed E-state index contributed by atoms with van der Waals surface area (Å²) >= 11 is 0. The van der Waals surface area contributed by atoms with E-state index in [-0.39, 0.29) is 5.97 Å².